The molecule has 0 radical (unpaired) electrons. The number of anilines is 1. The van der Waals surface area contributed by atoms with E-state index in [1.165, 1.54) is 0 Å². The van der Waals surface area contributed by atoms with Gasteiger partial charge in [0.15, 0.2) is 0 Å². The summed E-state index contributed by atoms with van der Waals surface area (Å²) in [6.45, 7) is 0. The van der Waals surface area contributed by atoms with Gasteiger partial charge in [-0.1, -0.05) is 11.6 Å². The lowest BCUT2D eigenvalue weighted by atomic mass is 10.0. The summed E-state index contributed by atoms with van der Waals surface area (Å²) in [4.78, 5) is 11.8. The van der Waals surface area contributed by atoms with Crippen LogP contribution in [0.3, 0.4) is 0 Å². The summed E-state index contributed by atoms with van der Waals surface area (Å²) in [6, 6.07) is 3.24. The first-order valence-electron chi connectivity index (χ1n) is 5.45. The van der Waals surface area contributed by atoms with E-state index < -0.39 is 6.23 Å². The molecular formula is C11H10ClN5O2. The number of nitrogens with zero attached hydrogens (tertiary/aromatic N) is 1. The molecule has 2 aromatic rings. The molecule has 19 heavy (non-hydrogen) atoms. The van der Waals surface area contributed by atoms with Crippen LogP contribution >= 0.6 is 11.6 Å². The zero-order chi connectivity index (χ0) is 13.6. The molecule has 1 aromatic carbocycles. The highest BCUT2D eigenvalue weighted by atomic mass is 35.5. The van der Waals surface area contributed by atoms with Crippen LogP contribution in [0.15, 0.2) is 23.1 Å². The predicted molar refractivity (Wildman–Crippen MR) is 72.3 cm³/mol. The van der Waals surface area contributed by atoms with E-state index in [0.717, 1.165) is 0 Å². The molecule has 8 heteroatoms. The standard InChI is InChI=1S/C11H10ClN5O2/c12-6-2-1-4-7-8(16-17-11(4)19)5(10(18)15-13)3-14-9(6)7/h1-3,10,14-15,18H,13H2,(H,17,19). The zero-order valence-corrected chi connectivity index (χ0v) is 10.3. The van der Waals surface area contributed by atoms with Crippen molar-refractivity contribution < 1.29 is 5.11 Å². The smallest absolute Gasteiger partial charge is 0.272 e. The van der Waals surface area contributed by atoms with Gasteiger partial charge in [-0.3, -0.25) is 10.6 Å². The summed E-state index contributed by atoms with van der Waals surface area (Å²) in [7, 11) is 0. The van der Waals surface area contributed by atoms with Crippen molar-refractivity contribution in [3.63, 3.8) is 0 Å². The van der Waals surface area contributed by atoms with Gasteiger partial charge in [0.25, 0.3) is 5.56 Å². The molecule has 0 spiro atoms. The number of nitrogens with one attached hydrogen (secondary N) is 3. The van der Waals surface area contributed by atoms with Crippen molar-refractivity contribution in [2.75, 3.05) is 5.32 Å². The Hall–Kier alpha value is -1.93. The van der Waals surface area contributed by atoms with Crippen LogP contribution in [0, 0.1) is 0 Å². The second-order valence-electron chi connectivity index (χ2n) is 4.06. The van der Waals surface area contributed by atoms with E-state index in [2.05, 4.69) is 20.9 Å². The van der Waals surface area contributed by atoms with Crippen LogP contribution < -0.4 is 22.1 Å². The Balaban J connectivity index is 2.39. The first-order valence-corrected chi connectivity index (χ1v) is 5.83. The summed E-state index contributed by atoms with van der Waals surface area (Å²) in [5.41, 5.74) is 3.32. The van der Waals surface area contributed by atoms with E-state index in [1.54, 1.807) is 18.3 Å². The van der Waals surface area contributed by atoms with E-state index in [1.807, 2.05) is 0 Å². The Morgan fingerprint density at radius 3 is 3.00 bits per heavy atom. The Morgan fingerprint density at radius 1 is 1.47 bits per heavy atom. The average molecular weight is 280 g/mol. The van der Waals surface area contributed by atoms with Gasteiger partial charge in [-0.15, -0.1) is 0 Å². The van der Waals surface area contributed by atoms with E-state index in [0.29, 0.717) is 32.7 Å². The molecule has 98 valence electrons. The summed E-state index contributed by atoms with van der Waals surface area (Å²) >= 11 is 6.09. The third kappa shape index (κ3) is 1.71. The molecule has 0 fully saturated rings. The van der Waals surface area contributed by atoms with E-state index >= 15 is 0 Å². The fraction of sp³-hybridized carbons (Fsp3) is 0.0909. The normalized spacial score (nSPS) is 15.0. The third-order valence-corrected chi connectivity index (χ3v) is 3.32. The second-order valence-corrected chi connectivity index (χ2v) is 4.47. The van der Waals surface area contributed by atoms with E-state index in [-0.39, 0.29) is 5.56 Å². The van der Waals surface area contributed by atoms with Crippen molar-refractivity contribution >= 4 is 33.6 Å². The van der Waals surface area contributed by atoms with E-state index in [4.69, 9.17) is 17.4 Å². The highest BCUT2D eigenvalue weighted by Gasteiger charge is 2.23. The van der Waals surface area contributed by atoms with Crippen LogP contribution in [0.5, 0.6) is 0 Å². The fourth-order valence-electron chi connectivity index (χ4n) is 2.10. The predicted octanol–water partition coefficient (Wildman–Crippen LogP) is 0.125. The maximum atomic E-state index is 11.8. The van der Waals surface area contributed by atoms with Gasteiger partial charge in [0.2, 0.25) is 0 Å². The number of halogens is 1. The molecule has 1 unspecified atom stereocenters. The molecule has 1 aromatic heterocycles. The second kappa shape index (κ2) is 4.32. The number of aromatic amines is 1. The Bertz CT molecular complexity index is 755. The Labute approximate surface area is 112 Å². The molecule has 0 aliphatic carbocycles. The molecule has 1 aliphatic rings. The average Bonchev–Trinajstić information content (AvgIpc) is 2.43. The highest BCUT2D eigenvalue weighted by molar-refractivity contribution is 6.35. The number of hydrogen-bond acceptors (Lipinski definition) is 6. The summed E-state index contributed by atoms with van der Waals surface area (Å²) in [5, 5.41) is 20.5. The van der Waals surface area contributed by atoms with Gasteiger partial charge in [-0.05, 0) is 12.1 Å². The van der Waals surface area contributed by atoms with Crippen molar-refractivity contribution in [3.05, 3.63) is 39.4 Å². The SMILES string of the molecule is NNC(O)C1=CNc2c(Cl)ccc3c(=O)[nH]nc1c23. The lowest BCUT2D eigenvalue weighted by Gasteiger charge is -2.21. The van der Waals surface area contributed by atoms with Crippen LogP contribution in [0.1, 0.15) is 5.69 Å². The highest BCUT2D eigenvalue weighted by Crippen LogP contribution is 2.37. The van der Waals surface area contributed by atoms with Crippen LogP contribution in [0.25, 0.3) is 16.3 Å². The van der Waals surface area contributed by atoms with Gasteiger partial charge in [-0.2, -0.15) is 5.10 Å². The number of rotatable bonds is 2. The topological polar surface area (TPSA) is 116 Å². The minimum absolute atomic E-state index is 0.324. The minimum atomic E-state index is -1.11. The van der Waals surface area contributed by atoms with Crippen LogP contribution in [-0.2, 0) is 0 Å². The Kier molecular flexibility index (Phi) is 2.76. The van der Waals surface area contributed by atoms with E-state index in [9.17, 15) is 9.90 Å². The quantitative estimate of drug-likeness (QED) is 0.303. The molecule has 1 aliphatic heterocycles. The number of aromatic nitrogens is 2. The zero-order valence-electron chi connectivity index (χ0n) is 9.57. The van der Waals surface area contributed by atoms with Gasteiger partial charge in [0, 0.05) is 17.2 Å². The van der Waals surface area contributed by atoms with Crippen LogP contribution in [0.2, 0.25) is 5.02 Å². The molecule has 7 nitrogen and oxygen atoms in total. The van der Waals surface area contributed by atoms with Crippen molar-refractivity contribution in [3.8, 4) is 0 Å². The van der Waals surface area contributed by atoms with Gasteiger partial charge in [0.1, 0.15) is 11.9 Å². The fourth-order valence-corrected chi connectivity index (χ4v) is 2.31. The first-order chi connectivity index (χ1) is 9.13. The molecular weight excluding hydrogens is 270 g/mol. The van der Waals surface area contributed by atoms with Crippen molar-refractivity contribution in [2.24, 2.45) is 5.84 Å². The van der Waals surface area contributed by atoms with Gasteiger partial charge < -0.3 is 10.4 Å². The monoisotopic (exact) mass is 279 g/mol. The molecule has 0 bridgehead atoms. The van der Waals surface area contributed by atoms with Gasteiger partial charge in [-0.25, -0.2) is 10.5 Å². The lowest BCUT2D eigenvalue weighted by Crippen LogP contribution is -2.37. The molecule has 0 saturated heterocycles. The maximum absolute atomic E-state index is 11.8. The molecule has 6 N–H and O–H groups in total. The summed E-state index contributed by atoms with van der Waals surface area (Å²) < 4.78 is 0. The summed E-state index contributed by atoms with van der Waals surface area (Å²) in [6.07, 6.45) is 0.431. The van der Waals surface area contributed by atoms with Crippen molar-refractivity contribution in [2.45, 2.75) is 6.23 Å². The lowest BCUT2D eigenvalue weighted by molar-refractivity contribution is 0.195. The first kappa shape index (κ1) is 12.1. The van der Waals surface area contributed by atoms with Crippen molar-refractivity contribution in [1.29, 1.82) is 0 Å². The number of aliphatic hydroxyl groups excluding tert-OH is 1. The largest absolute Gasteiger partial charge is 0.373 e. The molecule has 3 rings (SSSR count). The van der Waals surface area contributed by atoms with Crippen molar-refractivity contribution in [1.82, 2.24) is 15.6 Å². The Morgan fingerprint density at radius 2 is 2.26 bits per heavy atom. The molecule has 1 atom stereocenters. The van der Waals surface area contributed by atoms with Crippen LogP contribution in [-0.4, -0.2) is 21.5 Å². The van der Waals surface area contributed by atoms with Gasteiger partial charge in [0.05, 0.1) is 16.1 Å². The molecule has 0 saturated carbocycles. The maximum Gasteiger partial charge on any atom is 0.272 e. The molecule has 2 heterocycles. The number of nitrogens with two attached hydrogens (primary N) is 1. The van der Waals surface area contributed by atoms with Gasteiger partial charge >= 0.3 is 0 Å². The van der Waals surface area contributed by atoms with Crippen LogP contribution in [0.4, 0.5) is 5.69 Å². The number of H-pyrrole nitrogens is 1. The number of aliphatic hydroxyl groups is 1. The molecule has 0 amide bonds. The minimum Gasteiger partial charge on any atom is -0.373 e. The number of hydrogen-bond donors (Lipinski definition) is 5. The third-order valence-electron chi connectivity index (χ3n) is 3.00. The number of benzene rings is 1. The summed E-state index contributed by atoms with van der Waals surface area (Å²) in [5.74, 6) is 5.22. The number of hydrazine groups is 1.